The van der Waals surface area contributed by atoms with Gasteiger partial charge in [0, 0.05) is 12.7 Å². The lowest BCUT2D eigenvalue weighted by Gasteiger charge is -2.40. The molecule has 3 aliphatic heterocycles. The molecule has 1 unspecified atom stereocenters. The van der Waals surface area contributed by atoms with Crippen molar-refractivity contribution in [2.45, 2.75) is 45.6 Å². The van der Waals surface area contributed by atoms with E-state index in [-0.39, 0.29) is 0 Å². The van der Waals surface area contributed by atoms with Crippen LogP contribution in [0.4, 0.5) is 0 Å². The molecule has 27 heavy (non-hydrogen) atoms. The number of rotatable bonds is 8. The van der Waals surface area contributed by atoms with E-state index in [1.807, 2.05) is 19.3 Å². The van der Waals surface area contributed by atoms with Gasteiger partial charge in [0.05, 0.1) is 37.5 Å². The van der Waals surface area contributed by atoms with E-state index in [1.165, 1.54) is 25.5 Å². The lowest BCUT2D eigenvalue weighted by molar-refractivity contribution is -0.0968. The zero-order valence-electron chi connectivity index (χ0n) is 16.5. The Hall–Kier alpha value is -1.84. The number of unbranched alkanes of at least 4 members (excludes halogenated alkanes) is 3. The average Bonchev–Trinajstić information content (AvgIpc) is 3.03. The highest BCUT2D eigenvalue weighted by Crippen LogP contribution is 2.36. The van der Waals surface area contributed by atoms with Crippen molar-refractivity contribution >= 4 is 16.2 Å². The molecule has 0 aromatic heterocycles. The van der Waals surface area contributed by atoms with Gasteiger partial charge in [-0.05, 0) is 18.9 Å². The maximum atomic E-state index is 11.9. The molecule has 1 atom stereocenters. The van der Waals surface area contributed by atoms with Crippen LogP contribution in [0.15, 0.2) is 40.2 Å². The van der Waals surface area contributed by atoms with E-state index in [4.69, 9.17) is 4.84 Å². The fourth-order valence-electron chi connectivity index (χ4n) is 3.56. The molecule has 0 fully saturated rings. The summed E-state index contributed by atoms with van der Waals surface area (Å²) in [5.74, 6) is 0.923. The Morgan fingerprint density at radius 1 is 1.30 bits per heavy atom. The molecule has 0 saturated heterocycles. The van der Waals surface area contributed by atoms with Crippen molar-refractivity contribution in [1.82, 2.24) is 19.6 Å². The van der Waals surface area contributed by atoms with E-state index in [9.17, 15) is 8.42 Å². The van der Waals surface area contributed by atoms with Gasteiger partial charge in [0.2, 0.25) is 10.0 Å². The summed E-state index contributed by atoms with van der Waals surface area (Å²) in [4.78, 5) is 14.3. The van der Waals surface area contributed by atoms with Crippen LogP contribution in [0.25, 0.3) is 0 Å². The van der Waals surface area contributed by atoms with Crippen LogP contribution in [0.5, 0.6) is 0 Å². The number of sulfonamides is 1. The number of aliphatic imine (C=N–C) groups is 1. The largest absolute Gasteiger partial charge is 0.333 e. The van der Waals surface area contributed by atoms with E-state index in [0.29, 0.717) is 6.67 Å². The van der Waals surface area contributed by atoms with E-state index in [2.05, 4.69) is 26.4 Å². The first kappa shape index (κ1) is 19.9. The molecular formula is C18H29N5O3S. The standard InChI is InChI=1S/C18H29N5O3S/c1-5-6-7-8-9-21-11-14(2)16(20-27(4,24)25)17-18(21)23-13-22(26-3)12-15(23)10-19-17/h10-12,16,20H,5-9,13H2,1-4H3. The van der Waals surface area contributed by atoms with Gasteiger partial charge in [-0.15, -0.1) is 0 Å². The van der Waals surface area contributed by atoms with E-state index >= 15 is 0 Å². The van der Waals surface area contributed by atoms with Crippen LogP contribution in [0.1, 0.15) is 39.5 Å². The van der Waals surface area contributed by atoms with Crippen LogP contribution in [0, 0.1) is 0 Å². The molecule has 0 spiro atoms. The predicted octanol–water partition coefficient (Wildman–Crippen LogP) is 1.94. The molecule has 3 aliphatic rings. The van der Waals surface area contributed by atoms with Gasteiger partial charge >= 0.3 is 0 Å². The second kappa shape index (κ2) is 8.04. The SMILES string of the molecule is CCCCCCN1C=C(C)C(NS(C)(=O)=O)C2=C1N1CN(OC)C=C1C=N2. The van der Waals surface area contributed by atoms with Crippen LogP contribution in [-0.4, -0.2) is 62.1 Å². The van der Waals surface area contributed by atoms with Gasteiger partial charge in [-0.25, -0.2) is 18.2 Å². The maximum Gasteiger partial charge on any atom is 0.209 e. The van der Waals surface area contributed by atoms with Crippen LogP contribution >= 0.6 is 0 Å². The molecule has 0 bridgehead atoms. The highest BCUT2D eigenvalue weighted by atomic mass is 32.2. The predicted molar refractivity (Wildman–Crippen MR) is 106 cm³/mol. The van der Waals surface area contributed by atoms with Crippen LogP contribution in [0.2, 0.25) is 0 Å². The zero-order chi connectivity index (χ0) is 19.6. The Balaban J connectivity index is 1.93. The molecule has 9 heteroatoms. The summed E-state index contributed by atoms with van der Waals surface area (Å²) in [5.41, 5.74) is 2.59. The Bertz CT molecular complexity index is 800. The first-order valence-corrected chi connectivity index (χ1v) is 11.2. The number of fused-ring (bicyclic) bond motifs is 2. The van der Waals surface area contributed by atoms with Gasteiger partial charge in [0.15, 0.2) is 0 Å². The summed E-state index contributed by atoms with van der Waals surface area (Å²) in [6, 6.07) is -0.462. The smallest absolute Gasteiger partial charge is 0.209 e. The molecule has 150 valence electrons. The molecular weight excluding hydrogens is 366 g/mol. The number of hydrogen-bond donors (Lipinski definition) is 1. The summed E-state index contributed by atoms with van der Waals surface area (Å²) in [5, 5.41) is 1.73. The van der Waals surface area contributed by atoms with E-state index in [0.717, 1.165) is 35.8 Å². The van der Waals surface area contributed by atoms with Crippen molar-refractivity contribution in [2.75, 3.05) is 26.6 Å². The van der Waals surface area contributed by atoms with Crippen molar-refractivity contribution in [1.29, 1.82) is 0 Å². The second-order valence-corrected chi connectivity index (χ2v) is 8.92. The molecule has 8 nitrogen and oxygen atoms in total. The third-order valence-corrected chi connectivity index (χ3v) is 5.53. The molecule has 0 aromatic carbocycles. The molecule has 1 N–H and O–H groups in total. The van der Waals surface area contributed by atoms with Crippen molar-refractivity contribution in [2.24, 2.45) is 4.99 Å². The normalized spacial score (nSPS) is 22.1. The van der Waals surface area contributed by atoms with Gasteiger partial charge in [0.25, 0.3) is 0 Å². The van der Waals surface area contributed by atoms with E-state index < -0.39 is 16.1 Å². The highest BCUT2D eigenvalue weighted by Gasteiger charge is 2.38. The first-order chi connectivity index (χ1) is 12.8. The minimum atomic E-state index is -3.37. The minimum Gasteiger partial charge on any atom is -0.333 e. The fraction of sp³-hybridized carbons (Fsp3) is 0.611. The van der Waals surface area contributed by atoms with Crippen molar-refractivity contribution < 1.29 is 13.3 Å². The Kier molecular flexibility index (Phi) is 5.92. The Morgan fingerprint density at radius 2 is 2.07 bits per heavy atom. The Labute approximate surface area is 161 Å². The van der Waals surface area contributed by atoms with Gasteiger partial charge in [0.1, 0.15) is 18.2 Å². The van der Waals surface area contributed by atoms with Gasteiger partial charge in [-0.2, -0.15) is 0 Å². The summed E-state index contributed by atoms with van der Waals surface area (Å²) >= 11 is 0. The number of hydroxylamine groups is 2. The van der Waals surface area contributed by atoms with Crippen molar-refractivity contribution in [3.05, 3.63) is 35.2 Å². The van der Waals surface area contributed by atoms with Crippen LogP contribution < -0.4 is 4.72 Å². The molecule has 3 heterocycles. The number of hydrogen-bond acceptors (Lipinski definition) is 7. The Morgan fingerprint density at radius 3 is 2.74 bits per heavy atom. The van der Waals surface area contributed by atoms with E-state index in [1.54, 1.807) is 18.4 Å². The quantitative estimate of drug-likeness (QED) is 0.633. The topological polar surface area (TPSA) is 77.5 Å². The van der Waals surface area contributed by atoms with Gasteiger partial charge in [-0.3, -0.25) is 9.83 Å². The average molecular weight is 396 g/mol. The van der Waals surface area contributed by atoms with Crippen LogP contribution in [-0.2, 0) is 14.9 Å². The second-order valence-electron chi connectivity index (χ2n) is 7.14. The summed E-state index contributed by atoms with van der Waals surface area (Å²) in [6.07, 6.45) is 11.5. The number of nitrogens with zero attached hydrogens (tertiary/aromatic N) is 4. The number of nitrogens with one attached hydrogen (secondary N) is 1. The fourth-order valence-corrected chi connectivity index (χ4v) is 4.28. The molecule has 0 radical (unpaired) electrons. The van der Waals surface area contributed by atoms with Gasteiger partial charge < -0.3 is 9.80 Å². The maximum absolute atomic E-state index is 11.9. The van der Waals surface area contributed by atoms with Crippen LogP contribution in [0.3, 0.4) is 0 Å². The monoisotopic (exact) mass is 395 g/mol. The third-order valence-electron chi connectivity index (χ3n) is 4.87. The lowest BCUT2D eigenvalue weighted by atomic mass is 10.0. The summed E-state index contributed by atoms with van der Waals surface area (Å²) < 4.78 is 26.5. The lowest BCUT2D eigenvalue weighted by Crippen LogP contribution is -2.46. The minimum absolute atomic E-state index is 0.462. The molecule has 3 rings (SSSR count). The zero-order valence-corrected chi connectivity index (χ0v) is 17.3. The third kappa shape index (κ3) is 4.36. The molecule has 0 amide bonds. The number of allylic oxidation sites excluding steroid dienone is 1. The summed E-state index contributed by atoms with van der Waals surface area (Å²) in [7, 11) is -1.74. The first-order valence-electron chi connectivity index (χ1n) is 9.34. The molecule has 0 aromatic rings. The molecule has 0 aliphatic carbocycles. The van der Waals surface area contributed by atoms with Gasteiger partial charge in [-0.1, -0.05) is 26.2 Å². The molecule has 0 saturated carbocycles. The van der Waals surface area contributed by atoms with Crippen molar-refractivity contribution in [3.63, 3.8) is 0 Å². The highest BCUT2D eigenvalue weighted by molar-refractivity contribution is 7.88. The summed E-state index contributed by atoms with van der Waals surface area (Å²) in [6.45, 7) is 5.55. The van der Waals surface area contributed by atoms with Crippen molar-refractivity contribution in [3.8, 4) is 0 Å².